The normalized spacial score (nSPS) is 19.3. The number of rotatable bonds is 3. The third-order valence-corrected chi connectivity index (χ3v) is 3.97. The van der Waals surface area contributed by atoms with E-state index in [9.17, 15) is 4.79 Å². The van der Waals surface area contributed by atoms with Gasteiger partial charge in [0.05, 0.1) is 5.56 Å². The summed E-state index contributed by atoms with van der Waals surface area (Å²) >= 11 is 1.91. The number of amides is 1. The van der Waals surface area contributed by atoms with Crippen molar-refractivity contribution in [2.45, 2.75) is 18.1 Å². The zero-order chi connectivity index (χ0) is 11.4. The molecule has 1 fully saturated rings. The highest BCUT2D eigenvalue weighted by Crippen LogP contribution is 2.25. The van der Waals surface area contributed by atoms with Crippen LogP contribution >= 0.6 is 11.8 Å². The molecular weight excluding hydrogens is 222 g/mol. The maximum absolute atomic E-state index is 11.7. The average molecular weight is 235 g/mol. The summed E-state index contributed by atoms with van der Waals surface area (Å²) in [6, 6.07) is 3.55. The van der Waals surface area contributed by atoms with Crippen molar-refractivity contribution < 1.29 is 4.79 Å². The van der Waals surface area contributed by atoms with Crippen LogP contribution in [-0.2, 0) is 0 Å². The number of H-pyrrole nitrogens is 1. The Morgan fingerprint density at radius 1 is 1.75 bits per heavy atom. The van der Waals surface area contributed by atoms with E-state index in [4.69, 9.17) is 5.26 Å². The quantitative estimate of drug-likeness (QED) is 0.834. The van der Waals surface area contributed by atoms with E-state index in [0.717, 1.165) is 0 Å². The predicted octanol–water partition coefficient (Wildman–Crippen LogP) is 1.51. The number of hydrogen-bond acceptors (Lipinski definition) is 3. The molecule has 1 saturated heterocycles. The van der Waals surface area contributed by atoms with Crippen LogP contribution in [0.3, 0.4) is 0 Å². The molecule has 4 nitrogen and oxygen atoms in total. The molecule has 2 heterocycles. The molecule has 16 heavy (non-hydrogen) atoms. The van der Waals surface area contributed by atoms with E-state index in [1.165, 1.54) is 18.6 Å². The highest BCUT2D eigenvalue weighted by molar-refractivity contribution is 8.00. The summed E-state index contributed by atoms with van der Waals surface area (Å²) in [5, 5.41) is 12.1. The second-order valence-corrected chi connectivity index (χ2v) is 5.17. The van der Waals surface area contributed by atoms with Gasteiger partial charge in [-0.1, -0.05) is 0 Å². The molecule has 1 amide bonds. The molecule has 0 unspecified atom stereocenters. The first-order valence-electron chi connectivity index (χ1n) is 5.28. The van der Waals surface area contributed by atoms with E-state index < -0.39 is 0 Å². The summed E-state index contributed by atoms with van der Waals surface area (Å²) in [6.07, 6.45) is 3.96. The second-order valence-electron chi connectivity index (χ2n) is 3.76. The number of aromatic amines is 1. The Morgan fingerprint density at radius 2 is 2.62 bits per heavy atom. The van der Waals surface area contributed by atoms with Crippen molar-refractivity contribution in [3.05, 3.63) is 23.5 Å². The lowest BCUT2D eigenvalue weighted by Gasteiger charge is -2.08. The zero-order valence-electron chi connectivity index (χ0n) is 8.82. The van der Waals surface area contributed by atoms with E-state index in [1.54, 1.807) is 12.3 Å². The number of nitrogens with zero attached hydrogens (tertiary/aromatic N) is 1. The van der Waals surface area contributed by atoms with Crippen LogP contribution in [0.25, 0.3) is 0 Å². The molecule has 1 aromatic rings. The number of nitriles is 1. The third kappa shape index (κ3) is 2.58. The highest BCUT2D eigenvalue weighted by Gasteiger charge is 2.17. The van der Waals surface area contributed by atoms with Crippen LogP contribution in [0.4, 0.5) is 0 Å². The monoisotopic (exact) mass is 235 g/mol. The average Bonchev–Trinajstić information content (AvgIpc) is 2.96. The van der Waals surface area contributed by atoms with Crippen LogP contribution in [0.5, 0.6) is 0 Å². The lowest BCUT2D eigenvalue weighted by Crippen LogP contribution is -2.29. The molecule has 5 heteroatoms. The Hall–Kier alpha value is -1.41. The standard InChI is InChI=1S/C11H13N3OS/c12-5-8-4-10(13-6-8)11(15)14-7-9-2-1-3-16-9/h4,6,9,13H,1-3,7H2,(H,14,15)/t9-/m0/s1. The zero-order valence-corrected chi connectivity index (χ0v) is 9.64. The molecule has 1 aliphatic rings. The Kier molecular flexibility index (Phi) is 3.52. The molecule has 2 N–H and O–H groups in total. The Bertz CT molecular complexity index is 415. The molecular formula is C11H13N3OS. The summed E-state index contributed by atoms with van der Waals surface area (Å²) in [5.41, 5.74) is 0.944. The van der Waals surface area contributed by atoms with Crippen LogP contribution in [0.15, 0.2) is 12.3 Å². The van der Waals surface area contributed by atoms with Crippen molar-refractivity contribution in [3.63, 3.8) is 0 Å². The molecule has 1 atom stereocenters. The number of carbonyl (C=O) groups excluding carboxylic acids is 1. The van der Waals surface area contributed by atoms with Crippen LogP contribution in [-0.4, -0.2) is 28.4 Å². The van der Waals surface area contributed by atoms with E-state index >= 15 is 0 Å². The topological polar surface area (TPSA) is 68.7 Å². The first-order valence-corrected chi connectivity index (χ1v) is 6.33. The van der Waals surface area contributed by atoms with E-state index in [-0.39, 0.29) is 5.91 Å². The van der Waals surface area contributed by atoms with E-state index in [1.807, 2.05) is 17.8 Å². The molecule has 0 radical (unpaired) electrons. The number of nitrogens with one attached hydrogen (secondary N) is 2. The third-order valence-electron chi connectivity index (χ3n) is 2.57. The summed E-state index contributed by atoms with van der Waals surface area (Å²) in [4.78, 5) is 14.5. The molecule has 0 bridgehead atoms. The van der Waals surface area contributed by atoms with Crippen molar-refractivity contribution in [1.82, 2.24) is 10.3 Å². The number of hydrogen-bond donors (Lipinski definition) is 2. The summed E-state index contributed by atoms with van der Waals surface area (Å²) in [7, 11) is 0. The fourth-order valence-corrected chi connectivity index (χ4v) is 2.90. The maximum Gasteiger partial charge on any atom is 0.267 e. The van der Waals surface area contributed by atoms with Gasteiger partial charge in [0.2, 0.25) is 0 Å². The van der Waals surface area contributed by atoms with Gasteiger partial charge in [-0.15, -0.1) is 0 Å². The molecule has 0 saturated carbocycles. The van der Waals surface area contributed by atoms with Gasteiger partial charge in [0, 0.05) is 18.0 Å². The number of carbonyl (C=O) groups is 1. The van der Waals surface area contributed by atoms with Crippen molar-refractivity contribution >= 4 is 17.7 Å². The first kappa shape index (κ1) is 11.1. The van der Waals surface area contributed by atoms with Crippen molar-refractivity contribution in [2.24, 2.45) is 0 Å². The van der Waals surface area contributed by atoms with Gasteiger partial charge in [-0.25, -0.2) is 0 Å². The smallest absolute Gasteiger partial charge is 0.267 e. The molecule has 2 rings (SSSR count). The van der Waals surface area contributed by atoms with Gasteiger partial charge >= 0.3 is 0 Å². The van der Waals surface area contributed by atoms with Crippen LogP contribution in [0.1, 0.15) is 28.9 Å². The minimum Gasteiger partial charge on any atom is -0.356 e. The first-order chi connectivity index (χ1) is 7.79. The Morgan fingerprint density at radius 3 is 3.25 bits per heavy atom. The van der Waals surface area contributed by atoms with Crippen LogP contribution < -0.4 is 5.32 Å². The van der Waals surface area contributed by atoms with Gasteiger partial charge < -0.3 is 10.3 Å². The lowest BCUT2D eigenvalue weighted by molar-refractivity contribution is 0.0949. The van der Waals surface area contributed by atoms with Crippen molar-refractivity contribution in [2.75, 3.05) is 12.3 Å². The van der Waals surface area contributed by atoms with Gasteiger partial charge in [0.15, 0.2) is 0 Å². The fraction of sp³-hybridized carbons (Fsp3) is 0.455. The van der Waals surface area contributed by atoms with Crippen molar-refractivity contribution in [1.29, 1.82) is 5.26 Å². The fourth-order valence-electron chi connectivity index (χ4n) is 1.70. The summed E-state index contributed by atoms with van der Waals surface area (Å²) < 4.78 is 0. The largest absolute Gasteiger partial charge is 0.356 e. The number of aromatic nitrogens is 1. The summed E-state index contributed by atoms with van der Waals surface area (Å²) in [5.74, 6) is 1.07. The van der Waals surface area contributed by atoms with Crippen LogP contribution in [0.2, 0.25) is 0 Å². The molecule has 0 aliphatic carbocycles. The van der Waals surface area contributed by atoms with E-state index in [0.29, 0.717) is 23.1 Å². The van der Waals surface area contributed by atoms with Gasteiger partial charge in [-0.05, 0) is 24.7 Å². The minimum absolute atomic E-state index is 0.131. The van der Waals surface area contributed by atoms with E-state index in [2.05, 4.69) is 10.3 Å². The van der Waals surface area contributed by atoms with Gasteiger partial charge in [0.25, 0.3) is 5.91 Å². The van der Waals surface area contributed by atoms with Crippen LogP contribution in [0, 0.1) is 11.3 Å². The minimum atomic E-state index is -0.131. The molecule has 0 spiro atoms. The molecule has 1 aliphatic heterocycles. The highest BCUT2D eigenvalue weighted by atomic mass is 32.2. The maximum atomic E-state index is 11.7. The second kappa shape index (κ2) is 5.08. The molecule has 84 valence electrons. The predicted molar refractivity (Wildman–Crippen MR) is 63.3 cm³/mol. The number of thioether (sulfide) groups is 1. The van der Waals surface area contributed by atoms with Gasteiger partial charge in [0.1, 0.15) is 11.8 Å². The van der Waals surface area contributed by atoms with Gasteiger partial charge in [-0.3, -0.25) is 4.79 Å². The summed E-state index contributed by atoms with van der Waals surface area (Å²) in [6.45, 7) is 0.713. The Labute approximate surface area is 98.4 Å². The Balaban J connectivity index is 1.85. The molecule has 0 aromatic carbocycles. The molecule has 1 aromatic heterocycles. The van der Waals surface area contributed by atoms with Gasteiger partial charge in [-0.2, -0.15) is 17.0 Å². The van der Waals surface area contributed by atoms with Crippen molar-refractivity contribution in [3.8, 4) is 6.07 Å². The lowest BCUT2D eigenvalue weighted by atomic mass is 10.2. The SMILES string of the molecule is N#Cc1c[nH]c(C(=O)NC[C@@H]2CCCS2)c1.